The van der Waals surface area contributed by atoms with Gasteiger partial charge in [0.15, 0.2) is 0 Å². The van der Waals surface area contributed by atoms with E-state index in [9.17, 15) is 4.79 Å². The molecule has 2 rings (SSSR count). The van der Waals surface area contributed by atoms with Crippen molar-refractivity contribution in [3.05, 3.63) is 17.5 Å². The van der Waals surface area contributed by atoms with Gasteiger partial charge in [-0.3, -0.25) is 4.79 Å². The minimum Gasteiger partial charge on any atom is -0.309 e. The van der Waals surface area contributed by atoms with E-state index in [1.807, 2.05) is 29.5 Å². The molecule has 0 saturated carbocycles. The Bertz CT molecular complexity index is 350. The van der Waals surface area contributed by atoms with Crippen molar-refractivity contribution < 1.29 is 4.79 Å². The summed E-state index contributed by atoms with van der Waals surface area (Å²) in [6.45, 7) is 3.06. The zero-order valence-corrected chi connectivity index (χ0v) is 10.6. The summed E-state index contributed by atoms with van der Waals surface area (Å²) in [5.74, 6) is 0.820. The number of hydrogen-bond acceptors (Lipinski definition) is 3. The Morgan fingerprint density at radius 3 is 3.00 bits per heavy atom. The fourth-order valence-electron chi connectivity index (χ4n) is 2.15. The lowest BCUT2D eigenvalue weighted by Gasteiger charge is -2.22. The van der Waals surface area contributed by atoms with Crippen LogP contribution in [0.25, 0.3) is 0 Å². The number of nitrogens with zero attached hydrogens (tertiary/aromatic N) is 1. The second-order valence-electron chi connectivity index (χ2n) is 4.41. The normalized spacial score (nSPS) is 26.9. The van der Waals surface area contributed by atoms with Gasteiger partial charge in [-0.1, -0.05) is 6.92 Å². The topological polar surface area (TPSA) is 32.3 Å². The number of carbonyl (C=O) groups excluding carboxylic acids is 1. The van der Waals surface area contributed by atoms with Gasteiger partial charge in [0, 0.05) is 6.54 Å². The van der Waals surface area contributed by atoms with Crippen molar-refractivity contribution in [3.63, 3.8) is 0 Å². The van der Waals surface area contributed by atoms with Crippen LogP contribution in [-0.2, 0) is 4.79 Å². The van der Waals surface area contributed by atoms with Gasteiger partial charge in [-0.05, 0) is 43.3 Å². The third-order valence-corrected chi connectivity index (χ3v) is 4.06. The Hall–Kier alpha value is -0.870. The predicted octanol–water partition coefficient (Wildman–Crippen LogP) is 2.10. The number of hydrogen-bond donors (Lipinski definition) is 1. The summed E-state index contributed by atoms with van der Waals surface area (Å²) < 4.78 is 0. The van der Waals surface area contributed by atoms with E-state index in [-0.39, 0.29) is 11.9 Å². The maximum Gasteiger partial charge on any atom is 0.244 e. The molecule has 88 valence electrons. The van der Waals surface area contributed by atoms with Crippen LogP contribution in [0.1, 0.15) is 19.8 Å². The number of carbonyl (C=O) groups is 1. The van der Waals surface area contributed by atoms with Crippen molar-refractivity contribution in [1.29, 1.82) is 0 Å². The molecule has 1 saturated heterocycles. The molecule has 3 nitrogen and oxygen atoms in total. The van der Waals surface area contributed by atoms with Gasteiger partial charge in [-0.2, -0.15) is 0 Å². The first-order valence-corrected chi connectivity index (χ1v) is 6.62. The van der Waals surface area contributed by atoms with Gasteiger partial charge in [-0.15, -0.1) is 11.3 Å². The summed E-state index contributed by atoms with van der Waals surface area (Å²) in [5.41, 5.74) is 0. The Balaban J connectivity index is 2.21. The van der Waals surface area contributed by atoms with E-state index in [0.29, 0.717) is 5.92 Å². The molecule has 1 amide bonds. The van der Waals surface area contributed by atoms with Crippen molar-refractivity contribution in [2.75, 3.05) is 18.5 Å². The summed E-state index contributed by atoms with van der Waals surface area (Å²) in [6, 6.07) is 3.99. The lowest BCUT2D eigenvalue weighted by atomic mass is 10.0. The molecule has 0 bridgehead atoms. The third-order valence-electron chi connectivity index (χ3n) is 3.17. The van der Waals surface area contributed by atoms with Gasteiger partial charge in [0.2, 0.25) is 5.91 Å². The molecule has 1 aliphatic heterocycles. The van der Waals surface area contributed by atoms with Gasteiger partial charge in [0.25, 0.3) is 0 Å². The summed E-state index contributed by atoms with van der Waals surface area (Å²) in [6.07, 6.45) is 2.03. The summed E-state index contributed by atoms with van der Waals surface area (Å²) in [5, 5.41) is 6.22. The molecule has 1 N–H and O–H groups in total. The number of amides is 1. The van der Waals surface area contributed by atoms with Crippen LogP contribution in [0.3, 0.4) is 0 Å². The Kier molecular flexibility index (Phi) is 3.61. The fourth-order valence-corrected chi connectivity index (χ4v) is 2.91. The number of thiophene rings is 1. The van der Waals surface area contributed by atoms with E-state index in [1.165, 1.54) is 0 Å². The molecule has 2 unspecified atom stereocenters. The zero-order chi connectivity index (χ0) is 11.5. The predicted molar refractivity (Wildman–Crippen MR) is 67.9 cm³/mol. The molecule has 0 radical (unpaired) electrons. The van der Waals surface area contributed by atoms with Crippen LogP contribution >= 0.6 is 11.3 Å². The van der Waals surface area contributed by atoms with Crippen molar-refractivity contribution in [2.24, 2.45) is 5.92 Å². The number of nitrogens with one attached hydrogen (secondary N) is 1. The lowest BCUT2D eigenvalue weighted by molar-refractivity contribution is -0.120. The van der Waals surface area contributed by atoms with Crippen molar-refractivity contribution >= 4 is 22.2 Å². The molecule has 1 aromatic rings. The molecule has 0 aliphatic carbocycles. The third kappa shape index (κ3) is 2.28. The fraction of sp³-hybridized carbons (Fsp3) is 0.583. The van der Waals surface area contributed by atoms with Crippen molar-refractivity contribution in [1.82, 2.24) is 5.32 Å². The van der Waals surface area contributed by atoms with E-state index in [1.54, 1.807) is 11.3 Å². The average Bonchev–Trinajstić information content (AvgIpc) is 2.75. The smallest absolute Gasteiger partial charge is 0.244 e. The van der Waals surface area contributed by atoms with Crippen LogP contribution in [0, 0.1) is 5.92 Å². The molecule has 4 heteroatoms. The molecular formula is C12H18N2OS. The number of likely N-dealkylation sites (N-methyl/N-ethyl adjacent to an activating group) is 1. The first kappa shape index (κ1) is 11.6. The minimum atomic E-state index is -0.0281. The van der Waals surface area contributed by atoms with Gasteiger partial charge in [-0.25, -0.2) is 0 Å². The van der Waals surface area contributed by atoms with Crippen molar-refractivity contribution in [3.8, 4) is 0 Å². The van der Waals surface area contributed by atoms with E-state index >= 15 is 0 Å². The van der Waals surface area contributed by atoms with Crippen molar-refractivity contribution in [2.45, 2.75) is 25.8 Å². The lowest BCUT2D eigenvalue weighted by Crippen LogP contribution is -2.44. The summed E-state index contributed by atoms with van der Waals surface area (Å²) in [7, 11) is 1.87. The standard InChI is InChI=1S/C12H18N2OS/c1-9-5-6-14(11-4-3-7-16-11)12(15)10(8-9)13-2/h3-4,7,9-10,13H,5-6,8H2,1-2H3. The number of rotatable bonds is 2. The quantitative estimate of drug-likeness (QED) is 0.855. The maximum atomic E-state index is 12.3. The Morgan fingerprint density at radius 2 is 2.38 bits per heavy atom. The highest BCUT2D eigenvalue weighted by molar-refractivity contribution is 7.14. The minimum absolute atomic E-state index is 0.0281. The molecule has 1 fully saturated rings. The van der Waals surface area contributed by atoms with Gasteiger partial charge in [0.1, 0.15) is 0 Å². The molecule has 1 aromatic heterocycles. The van der Waals surface area contributed by atoms with Crippen LogP contribution < -0.4 is 10.2 Å². The zero-order valence-electron chi connectivity index (χ0n) is 9.77. The van der Waals surface area contributed by atoms with E-state index in [4.69, 9.17) is 0 Å². The van der Waals surface area contributed by atoms with E-state index in [0.717, 1.165) is 24.4 Å². The monoisotopic (exact) mass is 238 g/mol. The van der Waals surface area contributed by atoms with Crippen LogP contribution in [0.2, 0.25) is 0 Å². The van der Waals surface area contributed by atoms with Gasteiger partial charge in [0.05, 0.1) is 11.0 Å². The van der Waals surface area contributed by atoms with Crippen LogP contribution in [0.4, 0.5) is 5.00 Å². The molecular weight excluding hydrogens is 220 g/mol. The largest absolute Gasteiger partial charge is 0.309 e. The molecule has 0 spiro atoms. The number of anilines is 1. The molecule has 2 heterocycles. The van der Waals surface area contributed by atoms with Crippen LogP contribution in [0.15, 0.2) is 17.5 Å². The van der Waals surface area contributed by atoms with Gasteiger partial charge < -0.3 is 10.2 Å². The van der Waals surface area contributed by atoms with E-state index < -0.39 is 0 Å². The highest BCUT2D eigenvalue weighted by Gasteiger charge is 2.29. The second kappa shape index (κ2) is 4.97. The SMILES string of the molecule is CNC1CC(C)CCN(c2cccs2)C1=O. The van der Waals surface area contributed by atoms with Crippen LogP contribution in [-0.4, -0.2) is 25.5 Å². The molecule has 16 heavy (non-hydrogen) atoms. The highest BCUT2D eigenvalue weighted by Crippen LogP contribution is 2.27. The maximum absolute atomic E-state index is 12.3. The molecule has 2 atom stereocenters. The highest BCUT2D eigenvalue weighted by atomic mass is 32.1. The van der Waals surface area contributed by atoms with Gasteiger partial charge >= 0.3 is 0 Å². The molecule has 1 aliphatic rings. The Morgan fingerprint density at radius 1 is 1.56 bits per heavy atom. The second-order valence-corrected chi connectivity index (χ2v) is 5.34. The first-order chi connectivity index (χ1) is 7.72. The molecule has 0 aromatic carbocycles. The average molecular weight is 238 g/mol. The van der Waals surface area contributed by atoms with Crippen LogP contribution in [0.5, 0.6) is 0 Å². The van der Waals surface area contributed by atoms with E-state index in [2.05, 4.69) is 12.2 Å². The summed E-state index contributed by atoms with van der Waals surface area (Å²) in [4.78, 5) is 14.2. The Labute approximate surface area is 100 Å². The summed E-state index contributed by atoms with van der Waals surface area (Å²) >= 11 is 1.63. The first-order valence-electron chi connectivity index (χ1n) is 5.74.